The molecular formula is C29H26BrN3O5S. The van der Waals surface area contributed by atoms with E-state index >= 15 is 0 Å². The van der Waals surface area contributed by atoms with Crippen molar-refractivity contribution in [3.05, 3.63) is 119 Å². The summed E-state index contributed by atoms with van der Waals surface area (Å²) < 4.78 is 39.8. The number of hydrogen-bond acceptors (Lipinski definition) is 6. The second-order valence-electron chi connectivity index (χ2n) is 8.28. The summed E-state index contributed by atoms with van der Waals surface area (Å²) in [5.41, 5.74) is 4.42. The van der Waals surface area contributed by atoms with Crippen molar-refractivity contribution in [2.75, 3.05) is 18.0 Å². The Labute approximate surface area is 236 Å². The third-order valence-electron chi connectivity index (χ3n) is 5.54. The fraction of sp³-hybridized carbons (Fsp3) is 0.103. The highest BCUT2D eigenvalue weighted by atomic mass is 79.9. The van der Waals surface area contributed by atoms with Gasteiger partial charge in [-0.1, -0.05) is 70.5 Å². The van der Waals surface area contributed by atoms with E-state index in [1.54, 1.807) is 60.7 Å². The van der Waals surface area contributed by atoms with Crippen LogP contribution in [0, 0.1) is 0 Å². The van der Waals surface area contributed by atoms with Gasteiger partial charge >= 0.3 is 0 Å². The molecule has 4 rings (SSSR count). The van der Waals surface area contributed by atoms with Crippen molar-refractivity contribution in [2.24, 2.45) is 5.10 Å². The zero-order valence-electron chi connectivity index (χ0n) is 21.0. The SMILES string of the molecule is COc1cc(/C=N\NC(=O)CN(c2cccc(Br)c2)S(=O)(=O)c2ccccc2)ccc1OCc1ccccc1. The molecule has 0 aromatic heterocycles. The third kappa shape index (κ3) is 7.46. The van der Waals surface area contributed by atoms with E-state index in [0.717, 1.165) is 9.87 Å². The van der Waals surface area contributed by atoms with Gasteiger partial charge < -0.3 is 9.47 Å². The predicted molar refractivity (Wildman–Crippen MR) is 155 cm³/mol. The highest BCUT2D eigenvalue weighted by molar-refractivity contribution is 9.10. The fourth-order valence-corrected chi connectivity index (χ4v) is 5.45. The molecule has 1 N–H and O–H groups in total. The van der Waals surface area contributed by atoms with Crippen molar-refractivity contribution in [2.45, 2.75) is 11.5 Å². The zero-order chi connectivity index (χ0) is 27.7. The molecule has 0 saturated heterocycles. The number of nitrogens with one attached hydrogen (secondary N) is 1. The lowest BCUT2D eigenvalue weighted by molar-refractivity contribution is -0.119. The molecule has 0 unspecified atom stereocenters. The Hall–Kier alpha value is -4.15. The highest BCUT2D eigenvalue weighted by Crippen LogP contribution is 2.29. The van der Waals surface area contributed by atoms with Crippen molar-refractivity contribution in [3.8, 4) is 11.5 Å². The molecule has 4 aromatic rings. The average molecular weight is 609 g/mol. The Bertz CT molecular complexity index is 1550. The molecule has 0 aliphatic heterocycles. The number of hydrogen-bond donors (Lipinski definition) is 1. The second kappa shape index (κ2) is 13.1. The van der Waals surface area contributed by atoms with E-state index in [4.69, 9.17) is 9.47 Å². The van der Waals surface area contributed by atoms with Crippen LogP contribution in [0.25, 0.3) is 0 Å². The average Bonchev–Trinajstić information content (AvgIpc) is 2.96. The molecule has 4 aromatic carbocycles. The maximum Gasteiger partial charge on any atom is 0.264 e. The van der Waals surface area contributed by atoms with Crippen LogP contribution in [0.1, 0.15) is 11.1 Å². The molecule has 0 spiro atoms. The lowest BCUT2D eigenvalue weighted by Gasteiger charge is -2.23. The summed E-state index contributed by atoms with van der Waals surface area (Å²) in [7, 11) is -2.47. The number of methoxy groups -OCH3 is 1. The molecule has 10 heteroatoms. The highest BCUT2D eigenvalue weighted by Gasteiger charge is 2.27. The summed E-state index contributed by atoms with van der Waals surface area (Å²) in [6.07, 6.45) is 1.44. The molecule has 0 heterocycles. The summed E-state index contributed by atoms with van der Waals surface area (Å²) in [4.78, 5) is 12.9. The van der Waals surface area contributed by atoms with Crippen molar-refractivity contribution < 1.29 is 22.7 Å². The van der Waals surface area contributed by atoms with Crippen LogP contribution in [-0.4, -0.2) is 34.2 Å². The molecule has 200 valence electrons. The van der Waals surface area contributed by atoms with E-state index < -0.39 is 22.5 Å². The number of carbonyl (C=O) groups excluding carboxylic acids is 1. The molecule has 0 bridgehead atoms. The number of carbonyl (C=O) groups is 1. The summed E-state index contributed by atoms with van der Waals surface area (Å²) in [6, 6.07) is 29.7. The molecule has 0 radical (unpaired) electrons. The molecule has 0 fully saturated rings. The zero-order valence-corrected chi connectivity index (χ0v) is 23.4. The quantitative estimate of drug-likeness (QED) is 0.182. The molecule has 8 nitrogen and oxygen atoms in total. The van der Waals surface area contributed by atoms with E-state index in [1.807, 2.05) is 30.3 Å². The van der Waals surface area contributed by atoms with Gasteiger partial charge in [0.05, 0.1) is 23.9 Å². The Kier molecular flexibility index (Phi) is 9.35. The van der Waals surface area contributed by atoms with Crippen LogP contribution < -0.4 is 19.2 Å². The van der Waals surface area contributed by atoms with Crippen LogP contribution in [-0.2, 0) is 21.4 Å². The van der Waals surface area contributed by atoms with Crippen LogP contribution in [0.5, 0.6) is 11.5 Å². The van der Waals surface area contributed by atoms with E-state index in [1.165, 1.54) is 25.5 Å². The van der Waals surface area contributed by atoms with Gasteiger partial charge in [-0.2, -0.15) is 5.10 Å². The summed E-state index contributed by atoms with van der Waals surface area (Å²) in [6.45, 7) is -0.0817. The molecule has 0 atom stereocenters. The molecule has 1 amide bonds. The van der Waals surface area contributed by atoms with Gasteiger partial charge in [0.25, 0.3) is 15.9 Å². The molecule has 0 saturated carbocycles. The van der Waals surface area contributed by atoms with Crippen molar-refractivity contribution in [1.82, 2.24) is 5.43 Å². The Balaban J connectivity index is 1.45. The van der Waals surface area contributed by atoms with E-state index in [9.17, 15) is 13.2 Å². The number of nitrogens with zero attached hydrogens (tertiary/aromatic N) is 2. The first-order valence-corrected chi connectivity index (χ1v) is 14.1. The van der Waals surface area contributed by atoms with E-state index in [2.05, 4.69) is 26.5 Å². The minimum Gasteiger partial charge on any atom is -0.493 e. The smallest absolute Gasteiger partial charge is 0.264 e. The van der Waals surface area contributed by atoms with Gasteiger partial charge in [-0.15, -0.1) is 0 Å². The molecule has 0 aliphatic rings. The first kappa shape index (κ1) is 27.9. The maximum atomic E-state index is 13.4. The van der Waals surface area contributed by atoms with Crippen molar-refractivity contribution in [3.63, 3.8) is 0 Å². The minimum absolute atomic E-state index is 0.0722. The largest absolute Gasteiger partial charge is 0.493 e. The summed E-state index contributed by atoms with van der Waals surface area (Å²) in [5, 5.41) is 4.01. The van der Waals surface area contributed by atoms with E-state index in [-0.39, 0.29) is 4.90 Å². The Morgan fingerprint density at radius 2 is 1.64 bits per heavy atom. The number of amides is 1. The molecule has 0 aliphatic carbocycles. The summed E-state index contributed by atoms with van der Waals surface area (Å²) >= 11 is 3.36. The monoisotopic (exact) mass is 607 g/mol. The molecule has 39 heavy (non-hydrogen) atoms. The number of hydrazone groups is 1. The lowest BCUT2D eigenvalue weighted by Crippen LogP contribution is -2.39. The van der Waals surface area contributed by atoms with Gasteiger partial charge in [-0.25, -0.2) is 13.8 Å². The number of anilines is 1. The Morgan fingerprint density at radius 1 is 0.923 bits per heavy atom. The number of rotatable bonds is 11. The first-order valence-electron chi connectivity index (χ1n) is 11.9. The number of benzene rings is 4. The normalized spacial score (nSPS) is 11.2. The van der Waals surface area contributed by atoms with Gasteiger partial charge in [0, 0.05) is 4.47 Å². The van der Waals surface area contributed by atoms with E-state index in [0.29, 0.717) is 33.8 Å². The van der Waals surface area contributed by atoms with Crippen LogP contribution in [0.4, 0.5) is 5.69 Å². The van der Waals surface area contributed by atoms with Crippen molar-refractivity contribution in [1.29, 1.82) is 0 Å². The maximum absolute atomic E-state index is 13.4. The fourth-order valence-electron chi connectivity index (χ4n) is 3.63. The third-order valence-corrected chi connectivity index (χ3v) is 7.82. The first-order chi connectivity index (χ1) is 18.9. The Morgan fingerprint density at radius 3 is 2.33 bits per heavy atom. The van der Waals surface area contributed by atoms with Crippen LogP contribution in [0.15, 0.2) is 118 Å². The number of ether oxygens (including phenoxy) is 2. The molecular weight excluding hydrogens is 582 g/mol. The van der Waals surface area contributed by atoms with Crippen LogP contribution >= 0.6 is 15.9 Å². The summed E-state index contributed by atoms with van der Waals surface area (Å²) in [5.74, 6) is 0.467. The van der Waals surface area contributed by atoms with Crippen molar-refractivity contribution >= 4 is 43.8 Å². The van der Waals surface area contributed by atoms with Crippen LogP contribution in [0.2, 0.25) is 0 Å². The topological polar surface area (TPSA) is 97.3 Å². The number of halogens is 1. The van der Waals surface area contributed by atoms with Gasteiger partial charge in [-0.3, -0.25) is 9.10 Å². The lowest BCUT2D eigenvalue weighted by atomic mass is 10.2. The van der Waals surface area contributed by atoms with Crippen LogP contribution in [0.3, 0.4) is 0 Å². The van der Waals surface area contributed by atoms with Gasteiger partial charge in [0.2, 0.25) is 0 Å². The van der Waals surface area contributed by atoms with Gasteiger partial charge in [0.15, 0.2) is 11.5 Å². The van der Waals surface area contributed by atoms with Gasteiger partial charge in [0.1, 0.15) is 13.2 Å². The standard InChI is InChI=1S/C29H26BrN3O5S/c1-37-28-17-23(15-16-27(28)38-21-22-9-4-2-5-10-22)19-31-32-29(34)20-33(25-12-8-11-24(30)18-25)39(35,36)26-13-6-3-7-14-26/h2-19H,20-21H2,1H3,(H,32,34)/b31-19-. The van der Waals surface area contributed by atoms with Gasteiger partial charge in [-0.05, 0) is 59.7 Å². The second-order valence-corrected chi connectivity index (χ2v) is 11.1. The number of sulfonamides is 1. The minimum atomic E-state index is -4.01. The predicted octanol–water partition coefficient (Wildman–Crippen LogP) is 5.38.